The van der Waals surface area contributed by atoms with E-state index in [2.05, 4.69) is 65.4 Å². The number of nitrogens with zero attached hydrogens (tertiary/aromatic N) is 3. The zero-order valence-electron chi connectivity index (χ0n) is 21.8. The lowest BCUT2D eigenvalue weighted by atomic mass is 9.81. The molecule has 2 atom stereocenters. The summed E-state index contributed by atoms with van der Waals surface area (Å²) in [4.78, 5) is 40.9. The second-order valence-electron chi connectivity index (χ2n) is 9.90. The molecule has 1 amide bonds. The van der Waals surface area contributed by atoms with Crippen molar-refractivity contribution in [2.75, 3.05) is 38.5 Å². The molecule has 1 aromatic carbocycles. The van der Waals surface area contributed by atoms with Gasteiger partial charge in [0.25, 0.3) is 0 Å². The Morgan fingerprint density at radius 1 is 1.03 bits per heavy atom. The molecule has 1 aromatic heterocycles. The normalized spacial score (nSPS) is 20.1. The van der Waals surface area contributed by atoms with Crippen molar-refractivity contribution in [2.24, 2.45) is 0 Å². The third-order valence-corrected chi connectivity index (χ3v) is 8.00. The van der Waals surface area contributed by atoms with Crippen molar-refractivity contribution in [3.05, 3.63) is 78.1 Å². The van der Waals surface area contributed by atoms with Crippen LogP contribution in [-0.2, 0) is 19.8 Å². The summed E-state index contributed by atoms with van der Waals surface area (Å²) < 4.78 is 0. The summed E-state index contributed by atoms with van der Waals surface area (Å²) in [5.74, 6) is -1.44. The number of hydrogen-bond acceptors (Lipinski definition) is 7. The molecule has 2 aliphatic rings. The number of carbonyl (C=O) groups is 3. The standard InChI is InChI=1S/C24H32N4OS.C4H4O4/c1-24(2,20-8-4-3-5-9-20)10-12-27-13-15-28(16-14-27)23(29)21-18-30-22(26-21)19-7-6-11-25-17-19;5-3(6)1-2-4(7)8/h3-9,11,17,21-22,26H,10,12-16,18H2,1-2H3;1-2H,(H,5,6)(H,7,8). The van der Waals surface area contributed by atoms with Gasteiger partial charge in [-0.25, -0.2) is 9.59 Å². The number of carboxylic acids is 2. The first-order chi connectivity index (χ1) is 18.2. The number of carboxylic acid groups (broad SMARTS) is 2. The van der Waals surface area contributed by atoms with Gasteiger partial charge < -0.3 is 15.1 Å². The fourth-order valence-corrected chi connectivity index (χ4v) is 5.58. The van der Waals surface area contributed by atoms with E-state index in [1.54, 1.807) is 18.0 Å². The first-order valence-electron chi connectivity index (χ1n) is 12.6. The third-order valence-electron chi connectivity index (χ3n) is 6.73. The molecule has 0 spiro atoms. The molecule has 3 heterocycles. The van der Waals surface area contributed by atoms with Gasteiger partial charge in [0.1, 0.15) is 0 Å². The van der Waals surface area contributed by atoms with Crippen LogP contribution in [0.2, 0.25) is 0 Å². The van der Waals surface area contributed by atoms with E-state index in [-0.39, 0.29) is 22.7 Å². The maximum atomic E-state index is 13.0. The van der Waals surface area contributed by atoms with E-state index >= 15 is 0 Å². The predicted octanol–water partition coefficient (Wildman–Crippen LogP) is 3.01. The van der Waals surface area contributed by atoms with E-state index in [1.165, 1.54) is 5.56 Å². The van der Waals surface area contributed by atoms with Gasteiger partial charge in [-0.3, -0.25) is 20.0 Å². The SMILES string of the molecule is CC(C)(CCN1CCN(C(=O)C2CSC(c3cccnc3)N2)CC1)c1ccccc1.O=C(O)C=CC(=O)O. The van der Waals surface area contributed by atoms with Crippen LogP contribution in [0, 0.1) is 0 Å². The Morgan fingerprint density at radius 3 is 2.26 bits per heavy atom. The lowest BCUT2D eigenvalue weighted by Crippen LogP contribution is -2.54. The van der Waals surface area contributed by atoms with Crippen molar-refractivity contribution in [1.29, 1.82) is 0 Å². The highest BCUT2D eigenvalue weighted by Gasteiger charge is 2.34. The maximum absolute atomic E-state index is 13.0. The fourth-order valence-electron chi connectivity index (χ4n) is 4.36. The van der Waals surface area contributed by atoms with E-state index in [9.17, 15) is 14.4 Å². The van der Waals surface area contributed by atoms with Gasteiger partial charge in [-0.1, -0.05) is 50.2 Å². The van der Waals surface area contributed by atoms with Crippen LogP contribution >= 0.6 is 11.8 Å². The van der Waals surface area contributed by atoms with Crippen LogP contribution in [0.3, 0.4) is 0 Å². The van der Waals surface area contributed by atoms with Crippen LogP contribution in [0.4, 0.5) is 0 Å². The highest BCUT2D eigenvalue weighted by Crippen LogP contribution is 2.33. The average molecular weight is 541 g/mol. The average Bonchev–Trinajstić information content (AvgIpc) is 3.43. The number of thioether (sulfide) groups is 1. The Hall–Kier alpha value is -3.21. The molecule has 10 heteroatoms. The van der Waals surface area contributed by atoms with Crippen LogP contribution in [0.1, 0.15) is 36.8 Å². The summed E-state index contributed by atoms with van der Waals surface area (Å²) in [5.41, 5.74) is 2.70. The summed E-state index contributed by atoms with van der Waals surface area (Å²) in [7, 11) is 0. The second kappa shape index (κ2) is 14.1. The summed E-state index contributed by atoms with van der Waals surface area (Å²) >= 11 is 1.80. The van der Waals surface area contributed by atoms with E-state index in [0.717, 1.165) is 50.5 Å². The molecule has 2 aromatic rings. The Labute approximate surface area is 227 Å². The van der Waals surface area contributed by atoms with Gasteiger partial charge in [-0.05, 0) is 35.6 Å². The van der Waals surface area contributed by atoms with Crippen LogP contribution in [0.25, 0.3) is 0 Å². The van der Waals surface area contributed by atoms with Crippen molar-refractivity contribution >= 4 is 29.6 Å². The Morgan fingerprint density at radius 2 is 1.68 bits per heavy atom. The van der Waals surface area contributed by atoms with Crippen molar-refractivity contribution in [3.63, 3.8) is 0 Å². The van der Waals surface area contributed by atoms with E-state index in [1.807, 2.05) is 17.2 Å². The molecule has 2 fully saturated rings. The molecule has 9 nitrogen and oxygen atoms in total. The molecule has 0 bridgehead atoms. The molecule has 0 saturated carbocycles. The number of aliphatic carboxylic acids is 2. The molecule has 0 radical (unpaired) electrons. The maximum Gasteiger partial charge on any atom is 0.328 e. The molecule has 38 heavy (non-hydrogen) atoms. The number of pyridine rings is 1. The Kier molecular flexibility index (Phi) is 10.9. The number of rotatable bonds is 8. The largest absolute Gasteiger partial charge is 0.478 e. The first kappa shape index (κ1) is 29.3. The number of amides is 1. The zero-order valence-corrected chi connectivity index (χ0v) is 22.6. The lowest BCUT2D eigenvalue weighted by Gasteiger charge is -2.37. The minimum atomic E-state index is -1.26. The Bertz CT molecular complexity index is 1070. The van der Waals surface area contributed by atoms with E-state index in [4.69, 9.17) is 10.2 Å². The molecular formula is C28H36N4O5S. The monoisotopic (exact) mass is 540 g/mol. The van der Waals surface area contributed by atoms with Gasteiger partial charge in [0.05, 0.1) is 11.4 Å². The molecule has 204 valence electrons. The molecule has 3 N–H and O–H groups in total. The van der Waals surface area contributed by atoms with Crippen molar-refractivity contribution in [1.82, 2.24) is 20.1 Å². The molecule has 2 saturated heterocycles. The van der Waals surface area contributed by atoms with Gasteiger partial charge in [-0.2, -0.15) is 0 Å². The van der Waals surface area contributed by atoms with Gasteiger partial charge in [0.2, 0.25) is 5.91 Å². The van der Waals surface area contributed by atoms with Gasteiger partial charge in [-0.15, -0.1) is 11.8 Å². The molecule has 0 aliphatic carbocycles. The van der Waals surface area contributed by atoms with Gasteiger partial charge >= 0.3 is 11.9 Å². The lowest BCUT2D eigenvalue weighted by molar-refractivity contribution is -0.134. The first-order valence-corrected chi connectivity index (χ1v) is 13.7. The second-order valence-corrected chi connectivity index (χ2v) is 11.0. The summed E-state index contributed by atoms with van der Waals surface area (Å²) in [6, 6.07) is 14.7. The predicted molar refractivity (Wildman–Crippen MR) is 148 cm³/mol. The van der Waals surface area contributed by atoms with Crippen LogP contribution in [0.5, 0.6) is 0 Å². The zero-order chi connectivity index (χ0) is 27.5. The van der Waals surface area contributed by atoms with Crippen molar-refractivity contribution in [2.45, 2.75) is 37.1 Å². The quantitative estimate of drug-likeness (QED) is 0.434. The Balaban J connectivity index is 0.000000436. The molecular weight excluding hydrogens is 504 g/mol. The summed E-state index contributed by atoms with van der Waals surface area (Å²) in [6.07, 6.45) is 5.91. The topological polar surface area (TPSA) is 123 Å². The van der Waals surface area contributed by atoms with Crippen molar-refractivity contribution < 1.29 is 24.6 Å². The van der Waals surface area contributed by atoms with Crippen LogP contribution in [-0.4, -0.2) is 87.4 Å². The number of hydrogen-bond donors (Lipinski definition) is 3. The molecule has 2 unspecified atom stereocenters. The number of carbonyl (C=O) groups excluding carboxylic acids is 1. The smallest absolute Gasteiger partial charge is 0.328 e. The number of nitrogens with one attached hydrogen (secondary N) is 1. The van der Waals surface area contributed by atoms with E-state index in [0.29, 0.717) is 12.2 Å². The summed E-state index contributed by atoms with van der Waals surface area (Å²) in [6.45, 7) is 9.29. The van der Waals surface area contributed by atoms with Gasteiger partial charge in [0, 0.05) is 56.5 Å². The number of aromatic nitrogens is 1. The minimum Gasteiger partial charge on any atom is -0.478 e. The highest BCUT2D eigenvalue weighted by atomic mass is 32.2. The fraction of sp³-hybridized carbons (Fsp3) is 0.429. The van der Waals surface area contributed by atoms with Crippen LogP contribution < -0.4 is 5.32 Å². The van der Waals surface area contributed by atoms with E-state index < -0.39 is 11.9 Å². The number of benzene rings is 1. The summed E-state index contributed by atoms with van der Waals surface area (Å²) in [5, 5.41) is 19.3. The van der Waals surface area contributed by atoms with Gasteiger partial charge in [0.15, 0.2) is 0 Å². The number of piperazine rings is 1. The molecule has 2 aliphatic heterocycles. The molecule has 4 rings (SSSR count). The van der Waals surface area contributed by atoms with Crippen molar-refractivity contribution in [3.8, 4) is 0 Å². The van der Waals surface area contributed by atoms with Crippen LogP contribution in [0.15, 0.2) is 67.0 Å². The third kappa shape index (κ3) is 8.97. The highest BCUT2D eigenvalue weighted by molar-refractivity contribution is 7.99. The minimum absolute atomic E-state index is 0.0937.